The largest absolute Gasteiger partial charge is 0.404 e. The summed E-state index contributed by atoms with van der Waals surface area (Å²) in [5.74, 6) is 0.546. The number of rotatable bonds is 5. The van der Waals surface area contributed by atoms with E-state index >= 15 is 0 Å². The van der Waals surface area contributed by atoms with Crippen LogP contribution in [0.15, 0.2) is 77.1 Å². The molecule has 2 heteroatoms. The monoisotopic (exact) mass is 254 g/mol. The Hall–Kier alpha value is -2.09. The van der Waals surface area contributed by atoms with Crippen LogP contribution in [0.3, 0.4) is 0 Å². The van der Waals surface area contributed by atoms with Gasteiger partial charge in [-0.3, -0.25) is 4.99 Å². The Kier molecular flexibility index (Phi) is 6.37. The lowest BCUT2D eigenvalue weighted by atomic mass is 10.0. The molecule has 0 fully saturated rings. The molecule has 0 aromatic heterocycles. The summed E-state index contributed by atoms with van der Waals surface area (Å²) in [6.07, 6.45) is 18.4. The molecule has 0 amide bonds. The molecule has 1 unspecified atom stereocenters. The Labute approximate surface area is 116 Å². The summed E-state index contributed by atoms with van der Waals surface area (Å²) >= 11 is 0. The third kappa shape index (κ3) is 4.96. The zero-order valence-corrected chi connectivity index (χ0v) is 11.7. The van der Waals surface area contributed by atoms with Crippen LogP contribution in [0, 0.1) is 5.92 Å². The highest BCUT2D eigenvalue weighted by Crippen LogP contribution is 2.17. The van der Waals surface area contributed by atoms with Crippen molar-refractivity contribution in [3.8, 4) is 0 Å². The summed E-state index contributed by atoms with van der Waals surface area (Å²) < 4.78 is 0. The van der Waals surface area contributed by atoms with Crippen molar-refractivity contribution in [1.29, 1.82) is 0 Å². The van der Waals surface area contributed by atoms with E-state index in [9.17, 15) is 0 Å². The van der Waals surface area contributed by atoms with E-state index in [-0.39, 0.29) is 0 Å². The molecule has 2 nitrogen and oxygen atoms in total. The molecule has 0 radical (unpaired) electrons. The molecule has 2 N–H and O–H groups in total. The van der Waals surface area contributed by atoms with E-state index in [1.54, 1.807) is 18.5 Å². The van der Waals surface area contributed by atoms with E-state index in [0.717, 1.165) is 23.3 Å². The number of hydrogen-bond donors (Lipinski definition) is 1. The van der Waals surface area contributed by atoms with Crippen LogP contribution < -0.4 is 5.73 Å². The second-order valence-corrected chi connectivity index (χ2v) is 4.43. The molecule has 0 bridgehead atoms. The summed E-state index contributed by atoms with van der Waals surface area (Å²) in [5, 5.41) is 0. The topological polar surface area (TPSA) is 38.4 Å². The molecule has 0 aliphatic heterocycles. The summed E-state index contributed by atoms with van der Waals surface area (Å²) in [4.78, 5) is 4.48. The normalized spacial score (nSPS) is 21.2. The molecule has 100 valence electrons. The molecule has 1 aliphatic rings. The van der Waals surface area contributed by atoms with Crippen molar-refractivity contribution in [3.05, 3.63) is 72.2 Å². The van der Waals surface area contributed by atoms with Gasteiger partial charge < -0.3 is 5.73 Å². The van der Waals surface area contributed by atoms with Crippen LogP contribution in [0.1, 0.15) is 20.3 Å². The van der Waals surface area contributed by atoms with Crippen LogP contribution in [0.4, 0.5) is 0 Å². The maximum atomic E-state index is 5.67. The summed E-state index contributed by atoms with van der Waals surface area (Å²) in [6, 6.07) is 0. The average molecular weight is 254 g/mol. The first-order chi connectivity index (χ1) is 9.21. The van der Waals surface area contributed by atoms with Crippen molar-refractivity contribution in [2.75, 3.05) is 0 Å². The van der Waals surface area contributed by atoms with E-state index in [2.05, 4.69) is 30.6 Å². The van der Waals surface area contributed by atoms with Gasteiger partial charge in [-0.05, 0) is 30.9 Å². The molecule has 0 heterocycles. The fourth-order valence-corrected chi connectivity index (χ4v) is 1.79. The van der Waals surface area contributed by atoms with E-state index in [4.69, 9.17) is 5.73 Å². The van der Waals surface area contributed by atoms with Gasteiger partial charge in [-0.15, -0.1) is 0 Å². The fourth-order valence-electron chi connectivity index (χ4n) is 1.79. The highest BCUT2D eigenvalue weighted by molar-refractivity contribution is 5.86. The minimum absolute atomic E-state index is 0.546. The zero-order valence-electron chi connectivity index (χ0n) is 11.7. The van der Waals surface area contributed by atoms with Crippen LogP contribution >= 0.6 is 0 Å². The number of aliphatic imine (C=N–C) groups is 1. The van der Waals surface area contributed by atoms with Crippen molar-refractivity contribution in [2.45, 2.75) is 20.3 Å². The van der Waals surface area contributed by atoms with Gasteiger partial charge >= 0.3 is 0 Å². The van der Waals surface area contributed by atoms with Gasteiger partial charge in [-0.1, -0.05) is 50.0 Å². The van der Waals surface area contributed by atoms with Gasteiger partial charge in [0.1, 0.15) is 0 Å². The molecule has 0 saturated heterocycles. The van der Waals surface area contributed by atoms with Crippen LogP contribution in [0.2, 0.25) is 0 Å². The molecular formula is C17H22N2. The van der Waals surface area contributed by atoms with E-state index < -0.39 is 0 Å². The molecule has 0 aromatic rings. The smallest absolute Gasteiger partial charge is 0.0589 e. The van der Waals surface area contributed by atoms with E-state index in [1.807, 2.05) is 31.2 Å². The first kappa shape index (κ1) is 15.0. The molecule has 1 rings (SSSR count). The Balaban J connectivity index is 2.85. The molecule has 1 atom stereocenters. The van der Waals surface area contributed by atoms with Crippen LogP contribution in [0.25, 0.3) is 0 Å². The fraction of sp³-hybridized carbons (Fsp3) is 0.235. The Morgan fingerprint density at radius 3 is 2.84 bits per heavy atom. The number of allylic oxidation sites excluding steroid dienone is 9. The summed E-state index contributed by atoms with van der Waals surface area (Å²) in [5.41, 5.74) is 8.58. The Morgan fingerprint density at radius 1 is 1.47 bits per heavy atom. The van der Waals surface area contributed by atoms with Gasteiger partial charge in [-0.25, -0.2) is 0 Å². The summed E-state index contributed by atoms with van der Waals surface area (Å²) in [6.45, 7) is 7.82. The highest BCUT2D eigenvalue weighted by atomic mass is 14.7. The number of nitrogens with zero attached hydrogens (tertiary/aromatic N) is 1. The summed E-state index contributed by atoms with van der Waals surface area (Å²) in [7, 11) is 0. The van der Waals surface area contributed by atoms with Gasteiger partial charge in [0, 0.05) is 18.0 Å². The van der Waals surface area contributed by atoms with Crippen molar-refractivity contribution in [2.24, 2.45) is 16.6 Å². The Bertz CT molecular complexity index is 485. The van der Waals surface area contributed by atoms with Crippen molar-refractivity contribution in [3.63, 3.8) is 0 Å². The third-order valence-electron chi connectivity index (χ3n) is 2.84. The average Bonchev–Trinajstić information content (AvgIpc) is 2.42. The standard InChI is InChI=1S/C17H22N2/c1-4-6-9-15(5-2)16(12-18)13-19-17-10-7-8-14(3)11-17/h4-7,9-14H,1,8,18H2,2-3H3/b9-6-,15-5+,16-12?,19-13?. The highest BCUT2D eigenvalue weighted by Gasteiger charge is 2.03. The number of nitrogens with two attached hydrogens (primary N) is 1. The maximum absolute atomic E-state index is 5.67. The molecular weight excluding hydrogens is 232 g/mol. The molecule has 0 aromatic carbocycles. The second-order valence-electron chi connectivity index (χ2n) is 4.43. The molecule has 1 aliphatic carbocycles. The second kappa shape index (κ2) is 8.09. The van der Waals surface area contributed by atoms with E-state index in [1.165, 1.54) is 0 Å². The lowest BCUT2D eigenvalue weighted by molar-refractivity contribution is 0.728. The minimum Gasteiger partial charge on any atom is -0.404 e. The van der Waals surface area contributed by atoms with Gasteiger partial charge in [-0.2, -0.15) is 0 Å². The first-order valence-corrected chi connectivity index (χ1v) is 6.51. The van der Waals surface area contributed by atoms with Gasteiger partial charge in [0.25, 0.3) is 0 Å². The SMILES string of the molecule is C=C/C=C\C(=C/C)C(C=NC1=CC(C)CC=C1)=CN. The maximum Gasteiger partial charge on any atom is 0.0589 e. The zero-order chi connectivity index (χ0) is 14.1. The molecule has 0 saturated carbocycles. The third-order valence-corrected chi connectivity index (χ3v) is 2.84. The quantitative estimate of drug-likeness (QED) is 0.583. The van der Waals surface area contributed by atoms with Crippen molar-refractivity contribution in [1.82, 2.24) is 0 Å². The van der Waals surface area contributed by atoms with Crippen LogP contribution in [-0.2, 0) is 0 Å². The van der Waals surface area contributed by atoms with Crippen molar-refractivity contribution < 1.29 is 0 Å². The lowest BCUT2D eigenvalue weighted by Gasteiger charge is -2.08. The predicted octanol–water partition coefficient (Wildman–Crippen LogP) is 4.07. The first-order valence-electron chi connectivity index (χ1n) is 6.51. The van der Waals surface area contributed by atoms with Gasteiger partial charge in [0.2, 0.25) is 0 Å². The van der Waals surface area contributed by atoms with Gasteiger partial charge in [0.05, 0.1) is 5.70 Å². The lowest BCUT2D eigenvalue weighted by Crippen LogP contribution is -1.97. The predicted molar refractivity (Wildman–Crippen MR) is 84.9 cm³/mol. The van der Waals surface area contributed by atoms with Crippen LogP contribution in [-0.4, -0.2) is 6.21 Å². The Morgan fingerprint density at radius 2 is 2.26 bits per heavy atom. The minimum atomic E-state index is 0.546. The van der Waals surface area contributed by atoms with E-state index in [0.29, 0.717) is 5.92 Å². The molecule has 19 heavy (non-hydrogen) atoms. The number of hydrogen-bond acceptors (Lipinski definition) is 2. The van der Waals surface area contributed by atoms with Gasteiger partial charge in [0.15, 0.2) is 0 Å². The molecule has 0 spiro atoms. The van der Waals surface area contributed by atoms with Crippen LogP contribution in [0.5, 0.6) is 0 Å². The van der Waals surface area contributed by atoms with Crippen molar-refractivity contribution >= 4 is 6.21 Å².